The first-order chi connectivity index (χ1) is 7.72. The second-order valence-corrected chi connectivity index (χ2v) is 4.18. The highest BCUT2D eigenvalue weighted by atomic mass is 16.5. The van der Waals surface area contributed by atoms with Gasteiger partial charge in [-0.2, -0.15) is 0 Å². The fourth-order valence-corrected chi connectivity index (χ4v) is 1.69. The van der Waals surface area contributed by atoms with Crippen molar-refractivity contribution in [1.29, 1.82) is 0 Å². The molecule has 1 unspecified atom stereocenters. The molecule has 0 aromatic carbocycles. The predicted octanol–water partition coefficient (Wildman–Crippen LogP) is 0.0371. The lowest BCUT2D eigenvalue weighted by atomic mass is 9.97. The normalized spacial score (nSPS) is 25.4. The average molecular weight is 230 g/mol. The number of nitrogens with one attached hydrogen (secondary N) is 1. The summed E-state index contributed by atoms with van der Waals surface area (Å²) in [7, 11) is 0. The van der Waals surface area contributed by atoms with Crippen molar-refractivity contribution < 1.29 is 14.3 Å². The van der Waals surface area contributed by atoms with E-state index in [4.69, 9.17) is 15.2 Å². The van der Waals surface area contributed by atoms with Crippen LogP contribution in [0.1, 0.15) is 26.2 Å². The lowest BCUT2D eigenvalue weighted by Gasteiger charge is -2.35. The van der Waals surface area contributed by atoms with Gasteiger partial charge in [0.1, 0.15) is 12.2 Å². The van der Waals surface area contributed by atoms with Crippen LogP contribution in [0, 0.1) is 0 Å². The number of nitrogens with two attached hydrogens (primary N) is 1. The van der Waals surface area contributed by atoms with Crippen LogP contribution in [0.25, 0.3) is 0 Å². The van der Waals surface area contributed by atoms with Gasteiger partial charge in [-0.3, -0.25) is 4.79 Å². The van der Waals surface area contributed by atoms with E-state index in [1.54, 1.807) is 0 Å². The molecule has 3 N–H and O–H groups in total. The van der Waals surface area contributed by atoms with Gasteiger partial charge in [-0.15, -0.1) is 0 Å². The van der Waals surface area contributed by atoms with Crippen LogP contribution >= 0.6 is 0 Å². The van der Waals surface area contributed by atoms with Crippen molar-refractivity contribution in [2.24, 2.45) is 5.73 Å². The highest BCUT2D eigenvalue weighted by molar-refractivity contribution is 5.77. The van der Waals surface area contributed by atoms with Crippen LogP contribution in [0.4, 0.5) is 0 Å². The molecule has 1 aliphatic rings. The SMILES string of the molecule is CCCNC(=O)COC1(CN)CCCOC1. The molecule has 0 aromatic heterocycles. The van der Waals surface area contributed by atoms with Gasteiger partial charge in [0.15, 0.2) is 0 Å². The first kappa shape index (κ1) is 13.4. The molecule has 5 heteroatoms. The van der Waals surface area contributed by atoms with Crippen molar-refractivity contribution >= 4 is 5.91 Å². The highest BCUT2D eigenvalue weighted by Crippen LogP contribution is 2.22. The summed E-state index contributed by atoms with van der Waals surface area (Å²) in [6.45, 7) is 4.41. The Morgan fingerprint density at radius 3 is 3.00 bits per heavy atom. The van der Waals surface area contributed by atoms with E-state index < -0.39 is 5.60 Å². The van der Waals surface area contributed by atoms with Gasteiger partial charge in [0.2, 0.25) is 5.91 Å². The molecule has 1 fully saturated rings. The predicted molar refractivity (Wildman–Crippen MR) is 61.1 cm³/mol. The third-order valence-electron chi connectivity index (χ3n) is 2.74. The number of carbonyl (C=O) groups is 1. The molecule has 1 heterocycles. The molecule has 0 spiro atoms. The summed E-state index contributed by atoms with van der Waals surface area (Å²) in [5.74, 6) is -0.0831. The van der Waals surface area contributed by atoms with Gasteiger partial charge in [-0.05, 0) is 19.3 Å². The molecule has 1 amide bonds. The van der Waals surface area contributed by atoms with Gasteiger partial charge >= 0.3 is 0 Å². The smallest absolute Gasteiger partial charge is 0.246 e. The maximum absolute atomic E-state index is 11.4. The second-order valence-electron chi connectivity index (χ2n) is 4.18. The Balaban J connectivity index is 2.30. The molecule has 5 nitrogen and oxygen atoms in total. The Morgan fingerprint density at radius 1 is 1.62 bits per heavy atom. The summed E-state index contributed by atoms with van der Waals surface area (Å²) in [5.41, 5.74) is 5.23. The van der Waals surface area contributed by atoms with Crippen molar-refractivity contribution in [3.8, 4) is 0 Å². The summed E-state index contributed by atoms with van der Waals surface area (Å²) in [6.07, 6.45) is 2.73. The number of ether oxygens (including phenoxy) is 2. The Hall–Kier alpha value is -0.650. The number of hydrogen-bond acceptors (Lipinski definition) is 4. The van der Waals surface area contributed by atoms with Crippen LogP contribution < -0.4 is 11.1 Å². The third-order valence-corrected chi connectivity index (χ3v) is 2.74. The Morgan fingerprint density at radius 2 is 2.44 bits per heavy atom. The van der Waals surface area contributed by atoms with Gasteiger partial charge in [-0.1, -0.05) is 6.92 Å². The van der Waals surface area contributed by atoms with E-state index in [9.17, 15) is 4.79 Å². The molecule has 94 valence electrons. The first-order valence-electron chi connectivity index (χ1n) is 5.91. The lowest BCUT2D eigenvalue weighted by Crippen LogP contribution is -2.49. The van der Waals surface area contributed by atoms with Crippen molar-refractivity contribution in [2.45, 2.75) is 31.8 Å². The summed E-state index contributed by atoms with van der Waals surface area (Å²) in [6, 6.07) is 0. The van der Waals surface area contributed by atoms with Gasteiger partial charge in [-0.25, -0.2) is 0 Å². The maximum atomic E-state index is 11.4. The molecular formula is C11H22N2O3. The molecule has 0 bridgehead atoms. The second kappa shape index (κ2) is 6.83. The zero-order chi connectivity index (χ0) is 11.9. The molecule has 0 aliphatic carbocycles. The molecule has 1 saturated heterocycles. The van der Waals surface area contributed by atoms with Crippen LogP contribution in [-0.4, -0.2) is 44.4 Å². The average Bonchev–Trinajstić information content (AvgIpc) is 2.35. The van der Waals surface area contributed by atoms with Crippen LogP contribution in [0.15, 0.2) is 0 Å². The van der Waals surface area contributed by atoms with E-state index in [-0.39, 0.29) is 12.5 Å². The largest absolute Gasteiger partial charge is 0.378 e. The molecule has 1 rings (SSSR count). The zero-order valence-corrected chi connectivity index (χ0v) is 9.96. The molecule has 0 saturated carbocycles. The molecule has 0 radical (unpaired) electrons. The maximum Gasteiger partial charge on any atom is 0.246 e. The van der Waals surface area contributed by atoms with Crippen LogP contribution in [0.2, 0.25) is 0 Å². The third kappa shape index (κ3) is 4.08. The minimum absolute atomic E-state index is 0.0700. The van der Waals surface area contributed by atoms with E-state index in [1.807, 2.05) is 6.92 Å². The van der Waals surface area contributed by atoms with Crippen LogP contribution in [0.3, 0.4) is 0 Å². The topological polar surface area (TPSA) is 73.6 Å². The highest BCUT2D eigenvalue weighted by Gasteiger charge is 2.33. The van der Waals surface area contributed by atoms with Crippen molar-refractivity contribution in [3.63, 3.8) is 0 Å². The fraction of sp³-hybridized carbons (Fsp3) is 0.909. The lowest BCUT2D eigenvalue weighted by molar-refractivity contribution is -0.147. The van der Waals surface area contributed by atoms with Crippen molar-refractivity contribution in [1.82, 2.24) is 5.32 Å². The minimum Gasteiger partial charge on any atom is -0.378 e. The van der Waals surface area contributed by atoms with Gasteiger partial charge < -0.3 is 20.5 Å². The molecular weight excluding hydrogens is 208 g/mol. The molecule has 0 aromatic rings. The summed E-state index contributed by atoms with van der Waals surface area (Å²) in [4.78, 5) is 11.4. The van der Waals surface area contributed by atoms with E-state index >= 15 is 0 Å². The van der Waals surface area contributed by atoms with Gasteiger partial charge in [0, 0.05) is 19.7 Å². The summed E-state index contributed by atoms with van der Waals surface area (Å²) in [5, 5.41) is 2.77. The van der Waals surface area contributed by atoms with E-state index in [0.29, 0.717) is 19.7 Å². The Labute approximate surface area is 96.7 Å². The number of carbonyl (C=O) groups excluding carboxylic acids is 1. The van der Waals surface area contributed by atoms with E-state index in [0.717, 1.165) is 25.9 Å². The van der Waals surface area contributed by atoms with E-state index in [2.05, 4.69) is 5.32 Å². The quantitative estimate of drug-likeness (QED) is 0.675. The Kier molecular flexibility index (Phi) is 5.73. The molecule has 1 atom stereocenters. The van der Waals surface area contributed by atoms with E-state index in [1.165, 1.54) is 0 Å². The van der Waals surface area contributed by atoms with Crippen LogP contribution in [0.5, 0.6) is 0 Å². The molecule has 16 heavy (non-hydrogen) atoms. The van der Waals surface area contributed by atoms with Crippen molar-refractivity contribution in [3.05, 3.63) is 0 Å². The number of hydrogen-bond donors (Lipinski definition) is 2. The zero-order valence-electron chi connectivity index (χ0n) is 9.96. The summed E-state index contributed by atoms with van der Waals surface area (Å²) < 4.78 is 11.0. The van der Waals surface area contributed by atoms with Gasteiger partial charge in [0.25, 0.3) is 0 Å². The fourth-order valence-electron chi connectivity index (χ4n) is 1.69. The number of rotatable bonds is 6. The monoisotopic (exact) mass is 230 g/mol. The van der Waals surface area contributed by atoms with Crippen LogP contribution in [-0.2, 0) is 14.3 Å². The minimum atomic E-state index is -0.457. The number of amides is 1. The van der Waals surface area contributed by atoms with Gasteiger partial charge in [0.05, 0.1) is 6.61 Å². The van der Waals surface area contributed by atoms with Crippen molar-refractivity contribution in [2.75, 3.05) is 32.9 Å². The summed E-state index contributed by atoms with van der Waals surface area (Å²) >= 11 is 0. The first-order valence-corrected chi connectivity index (χ1v) is 5.91. The molecule has 1 aliphatic heterocycles. The standard InChI is InChI=1S/C11H22N2O3/c1-2-5-13-10(14)7-16-11(8-12)4-3-6-15-9-11/h2-9,12H2,1H3,(H,13,14). The Bertz CT molecular complexity index is 215.